The van der Waals surface area contributed by atoms with Crippen molar-refractivity contribution in [1.29, 1.82) is 5.26 Å². The number of nitrogen functional groups attached to an aromatic ring is 1. The van der Waals surface area contributed by atoms with Gasteiger partial charge in [0.05, 0.1) is 22.1 Å². The molecule has 2 aromatic rings. The second kappa shape index (κ2) is 5.12. The number of nitrogens with one attached hydrogen (secondary N) is 1. The predicted molar refractivity (Wildman–Crippen MR) is 70.2 cm³/mol. The number of nitrogens with two attached hydrogens (primary N) is 1. The van der Waals surface area contributed by atoms with Gasteiger partial charge in [-0.2, -0.15) is 5.26 Å². The van der Waals surface area contributed by atoms with Gasteiger partial charge in [-0.15, -0.1) is 0 Å². The predicted octanol–water partition coefficient (Wildman–Crippen LogP) is 3.82. The maximum Gasteiger partial charge on any atom is 0.143 e. The molecule has 0 bridgehead atoms. The molecule has 0 aliphatic heterocycles. The summed E-state index contributed by atoms with van der Waals surface area (Å²) < 4.78 is 26.6. The summed E-state index contributed by atoms with van der Waals surface area (Å²) in [6, 6.07) is 8.20. The van der Waals surface area contributed by atoms with Gasteiger partial charge >= 0.3 is 0 Å². The summed E-state index contributed by atoms with van der Waals surface area (Å²) in [5, 5.41) is 11.5. The molecule has 0 fully saturated rings. The number of hydrogen-bond acceptors (Lipinski definition) is 3. The highest BCUT2D eigenvalue weighted by atomic mass is 35.5. The Hall–Kier alpha value is -2.32. The third-order valence-corrected chi connectivity index (χ3v) is 2.78. The summed E-state index contributed by atoms with van der Waals surface area (Å²) in [5.74, 6) is -1.30. The number of halogens is 3. The van der Waals surface area contributed by atoms with E-state index in [0.29, 0.717) is 5.69 Å². The highest BCUT2D eigenvalue weighted by Gasteiger charge is 2.11. The zero-order valence-corrected chi connectivity index (χ0v) is 10.3. The summed E-state index contributed by atoms with van der Waals surface area (Å²) in [4.78, 5) is 0. The molecule has 96 valence electrons. The Labute approximate surface area is 113 Å². The molecule has 0 amide bonds. The van der Waals surface area contributed by atoms with Gasteiger partial charge < -0.3 is 11.1 Å². The molecule has 0 aromatic heterocycles. The Bertz CT molecular complexity index is 680. The van der Waals surface area contributed by atoms with Gasteiger partial charge in [0.25, 0.3) is 0 Å². The zero-order chi connectivity index (χ0) is 14.0. The van der Waals surface area contributed by atoms with E-state index >= 15 is 0 Å². The van der Waals surface area contributed by atoms with Crippen LogP contribution in [0.3, 0.4) is 0 Å². The quantitative estimate of drug-likeness (QED) is 0.822. The molecule has 19 heavy (non-hydrogen) atoms. The summed E-state index contributed by atoms with van der Waals surface area (Å²) in [7, 11) is 0. The molecular formula is C13H8ClF2N3. The van der Waals surface area contributed by atoms with Gasteiger partial charge in [-0.1, -0.05) is 17.7 Å². The van der Waals surface area contributed by atoms with Crippen molar-refractivity contribution in [3.05, 3.63) is 52.6 Å². The molecule has 3 N–H and O–H groups in total. The average molecular weight is 280 g/mol. The lowest BCUT2D eigenvalue weighted by Crippen LogP contribution is -2.00. The molecule has 0 aliphatic rings. The molecule has 0 spiro atoms. The minimum atomic E-state index is -0.653. The molecule has 0 unspecified atom stereocenters. The fourth-order valence-electron chi connectivity index (χ4n) is 1.56. The Morgan fingerprint density at radius 1 is 1.16 bits per heavy atom. The van der Waals surface area contributed by atoms with Crippen molar-refractivity contribution >= 4 is 28.7 Å². The minimum Gasteiger partial charge on any atom is -0.397 e. The van der Waals surface area contributed by atoms with Crippen LogP contribution in [0.5, 0.6) is 0 Å². The van der Waals surface area contributed by atoms with Crippen molar-refractivity contribution in [3.8, 4) is 6.07 Å². The zero-order valence-electron chi connectivity index (χ0n) is 9.55. The van der Waals surface area contributed by atoms with Crippen molar-refractivity contribution in [2.24, 2.45) is 0 Å². The monoisotopic (exact) mass is 279 g/mol. The lowest BCUT2D eigenvalue weighted by atomic mass is 10.1. The fraction of sp³-hybridized carbons (Fsp3) is 0. The third kappa shape index (κ3) is 2.59. The van der Waals surface area contributed by atoms with Crippen LogP contribution in [0.25, 0.3) is 0 Å². The first-order valence-corrected chi connectivity index (χ1v) is 5.61. The number of anilines is 3. The second-order valence-electron chi connectivity index (χ2n) is 3.75. The summed E-state index contributed by atoms with van der Waals surface area (Å²) in [5.41, 5.74) is 6.12. The van der Waals surface area contributed by atoms with Crippen molar-refractivity contribution in [2.45, 2.75) is 0 Å². The van der Waals surface area contributed by atoms with Crippen LogP contribution in [0, 0.1) is 23.0 Å². The summed E-state index contributed by atoms with van der Waals surface area (Å²) in [6.07, 6.45) is 0. The minimum absolute atomic E-state index is 0.107. The molecule has 0 atom stereocenters. The van der Waals surface area contributed by atoms with E-state index in [1.165, 1.54) is 24.3 Å². The number of hydrogen-bond donors (Lipinski definition) is 2. The second-order valence-corrected chi connectivity index (χ2v) is 4.16. The summed E-state index contributed by atoms with van der Waals surface area (Å²) >= 11 is 5.65. The molecule has 0 saturated heterocycles. The maximum atomic E-state index is 13.4. The van der Waals surface area contributed by atoms with Gasteiger partial charge in [-0.25, -0.2) is 8.78 Å². The molecule has 0 aliphatic carbocycles. The number of benzene rings is 2. The van der Waals surface area contributed by atoms with E-state index in [1.54, 1.807) is 6.07 Å². The molecule has 0 heterocycles. The van der Waals surface area contributed by atoms with E-state index in [1.807, 2.05) is 0 Å². The highest BCUT2D eigenvalue weighted by molar-refractivity contribution is 6.31. The lowest BCUT2D eigenvalue weighted by molar-refractivity contribution is 0.624. The third-order valence-electron chi connectivity index (χ3n) is 2.49. The molecule has 2 aromatic carbocycles. The number of rotatable bonds is 2. The van der Waals surface area contributed by atoms with Crippen LogP contribution in [-0.2, 0) is 0 Å². The van der Waals surface area contributed by atoms with Gasteiger partial charge in [-0.3, -0.25) is 0 Å². The van der Waals surface area contributed by atoms with Gasteiger partial charge in [0, 0.05) is 6.07 Å². The van der Waals surface area contributed by atoms with Crippen molar-refractivity contribution in [3.63, 3.8) is 0 Å². The first-order chi connectivity index (χ1) is 9.02. The molecule has 0 radical (unpaired) electrons. The van der Waals surface area contributed by atoms with E-state index in [-0.39, 0.29) is 22.0 Å². The van der Waals surface area contributed by atoms with Crippen molar-refractivity contribution in [1.82, 2.24) is 0 Å². The fourth-order valence-corrected chi connectivity index (χ4v) is 1.72. The highest BCUT2D eigenvalue weighted by Crippen LogP contribution is 2.30. The van der Waals surface area contributed by atoms with Gasteiger partial charge in [0.2, 0.25) is 0 Å². The van der Waals surface area contributed by atoms with Gasteiger partial charge in [-0.05, 0) is 18.2 Å². The van der Waals surface area contributed by atoms with E-state index in [9.17, 15) is 8.78 Å². The van der Waals surface area contributed by atoms with Crippen molar-refractivity contribution < 1.29 is 8.78 Å². The largest absolute Gasteiger partial charge is 0.397 e. The standard InChI is InChI=1S/C13H8ClF2N3/c14-8-4-13(11(18)5-10(8)16)19-12-3-1-2-9(15)7(12)6-17/h1-5,19H,18H2. The number of nitrogens with zero attached hydrogens (tertiary/aromatic N) is 1. The van der Waals surface area contributed by atoms with Crippen LogP contribution in [0.1, 0.15) is 5.56 Å². The Kier molecular flexibility index (Phi) is 3.54. The van der Waals surface area contributed by atoms with E-state index in [2.05, 4.69) is 5.32 Å². The first kappa shape index (κ1) is 13.1. The Morgan fingerprint density at radius 2 is 1.89 bits per heavy atom. The molecular weight excluding hydrogens is 272 g/mol. The lowest BCUT2D eigenvalue weighted by Gasteiger charge is -2.11. The maximum absolute atomic E-state index is 13.4. The molecule has 2 rings (SSSR count). The van der Waals surface area contributed by atoms with E-state index < -0.39 is 11.6 Å². The molecule has 0 saturated carbocycles. The van der Waals surface area contributed by atoms with Crippen LogP contribution < -0.4 is 11.1 Å². The van der Waals surface area contributed by atoms with Crippen LogP contribution >= 0.6 is 11.6 Å². The van der Waals surface area contributed by atoms with Crippen molar-refractivity contribution in [2.75, 3.05) is 11.1 Å². The molecule has 6 heteroatoms. The normalized spacial score (nSPS) is 10.0. The first-order valence-electron chi connectivity index (χ1n) is 5.23. The van der Waals surface area contributed by atoms with Crippen LogP contribution in [0.4, 0.5) is 25.8 Å². The average Bonchev–Trinajstić information content (AvgIpc) is 2.36. The van der Waals surface area contributed by atoms with Crippen LogP contribution in [0.15, 0.2) is 30.3 Å². The summed E-state index contributed by atoms with van der Waals surface area (Å²) in [6.45, 7) is 0. The van der Waals surface area contributed by atoms with E-state index in [4.69, 9.17) is 22.6 Å². The van der Waals surface area contributed by atoms with Gasteiger partial charge in [0.15, 0.2) is 0 Å². The Morgan fingerprint density at radius 3 is 2.58 bits per heavy atom. The molecule has 3 nitrogen and oxygen atoms in total. The SMILES string of the molecule is N#Cc1c(F)cccc1Nc1cc(Cl)c(F)cc1N. The van der Waals surface area contributed by atoms with E-state index in [0.717, 1.165) is 6.07 Å². The van der Waals surface area contributed by atoms with Crippen LogP contribution in [-0.4, -0.2) is 0 Å². The van der Waals surface area contributed by atoms with Gasteiger partial charge in [0.1, 0.15) is 23.3 Å². The topological polar surface area (TPSA) is 61.8 Å². The number of nitriles is 1. The Balaban J connectivity index is 2.45. The smallest absolute Gasteiger partial charge is 0.143 e. The van der Waals surface area contributed by atoms with Crippen LogP contribution in [0.2, 0.25) is 5.02 Å².